The van der Waals surface area contributed by atoms with Crippen molar-refractivity contribution < 1.29 is 19.2 Å². The van der Waals surface area contributed by atoms with E-state index >= 15 is 0 Å². The molecule has 7 nitrogen and oxygen atoms in total. The van der Waals surface area contributed by atoms with Gasteiger partial charge >= 0.3 is 5.97 Å². The van der Waals surface area contributed by atoms with Crippen molar-refractivity contribution in [1.82, 2.24) is 0 Å². The molecule has 0 radical (unpaired) electrons. The number of ether oxygens (including phenoxy) is 1. The van der Waals surface area contributed by atoms with Gasteiger partial charge in [-0.1, -0.05) is 18.2 Å². The summed E-state index contributed by atoms with van der Waals surface area (Å²) in [5.41, 5.74) is 0.303. The fourth-order valence-electron chi connectivity index (χ4n) is 1.39. The topological polar surface area (TPSA) is 110 Å². The SMILES string of the molecule is N#CCCOC(=O)C(Cl)C(=O)C=Cc1cccc([N+](=O)[O-])c1. The first-order valence-corrected chi connectivity index (χ1v) is 6.53. The molecule has 0 fully saturated rings. The van der Waals surface area contributed by atoms with Gasteiger partial charge in [0.05, 0.1) is 17.4 Å². The lowest BCUT2D eigenvalue weighted by Crippen LogP contribution is -2.25. The summed E-state index contributed by atoms with van der Waals surface area (Å²) in [6, 6.07) is 7.40. The van der Waals surface area contributed by atoms with Gasteiger partial charge in [-0.3, -0.25) is 14.9 Å². The molecule has 1 atom stereocenters. The van der Waals surface area contributed by atoms with Crippen LogP contribution in [0.4, 0.5) is 5.69 Å². The highest BCUT2D eigenvalue weighted by Crippen LogP contribution is 2.14. The van der Waals surface area contributed by atoms with E-state index < -0.39 is 22.1 Å². The van der Waals surface area contributed by atoms with Crippen LogP contribution >= 0.6 is 11.6 Å². The third kappa shape index (κ3) is 5.34. The van der Waals surface area contributed by atoms with Gasteiger partial charge in [-0.2, -0.15) is 5.26 Å². The summed E-state index contributed by atoms with van der Waals surface area (Å²) in [7, 11) is 0. The van der Waals surface area contributed by atoms with Crippen molar-refractivity contribution in [2.45, 2.75) is 11.8 Å². The Kier molecular flexibility index (Phi) is 6.73. The molecule has 1 unspecified atom stereocenters. The zero-order valence-electron chi connectivity index (χ0n) is 11.3. The number of non-ortho nitro benzene ring substituents is 1. The number of nitro benzene ring substituents is 1. The number of esters is 1. The van der Waals surface area contributed by atoms with Crippen LogP contribution in [-0.4, -0.2) is 28.7 Å². The van der Waals surface area contributed by atoms with Gasteiger partial charge in [-0.25, -0.2) is 4.79 Å². The number of nitrogens with zero attached hydrogens (tertiary/aromatic N) is 2. The van der Waals surface area contributed by atoms with Crippen LogP contribution in [0.1, 0.15) is 12.0 Å². The number of benzene rings is 1. The van der Waals surface area contributed by atoms with Gasteiger partial charge in [-0.05, 0) is 11.6 Å². The van der Waals surface area contributed by atoms with Crippen LogP contribution in [0.2, 0.25) is 0 Å². The Balaban J connectivity index is 2.67. The van der Waals surface area contributed by atoms with E-state index in [1.807, 2.05) is 0 Å². The number of hydrogen-bond donors (Lipinski definition) is 0. The number of halogens is 1. The van der Waals surface area contributed by atoms with Crippen molar-refractivity contribution in [3.63, 3.8) is 0 Å². The summed E-state index contributed by atoms with van der Waals surface area (Å²) in [6.07, 6.45) is 2.36. The van der Waals surface area contributed by atoms with Gasteiger partial charge in [-0.15, -0.1) is 11.6 Å². The van der Waals surface area contributed by atoms with Crippen LogP contribution in [0, 0.1) is 21.4 Å². The minimum absolute atomic E-state index is 0.00701. The molecule has 1 aromatic carbocycles. The van der Waals surface area contributed by atoms with Crippen molar-refractivity contribution in [3.05, 3.63) is 46.0 Å². The Morgan fingerprint density at radius 2 is 2.23 bits per heavy atom. The molecule has 0 bridgehead atoms. The molecule has 0 aliphatic heterocycles. The van der Waals surface area contributed by atoms with E-state index in [1.54, 1.807) is 12.1 Å². The second-order valence-electron chi connectivity index (χ2n) is 4.03. The lowest BCUT2D eigenvalue weighted by molar-refractivity contribution is -0.384. The zero-order valence-corrected chi connectivity index (χ0v) is 12.0. The highest BCUT2D eigenvalue weighted by Gasteiger charge is 2.23. The molecule has 0 amide bonds. The number of nitriles is 1. The number of hydrogen-bond acceptors (Lipinski definition) is 6. The van der Waals surface area contributed by atoms with Crippen molar-refractivity contribution in [1.29, 1.82) is 5.26 Å². The van der Waals surface area contributed by atoms with Gasteiger partial charge in [0.2, 0.25) is 0 Å². The van der Waals surface area contributed by atoms with Crippen molar-refractivity contribution >= 4 is 35.1 Å². The minimum atomic E-state index is -1.52. The molecular formula is C14H11ClN2O5. The molecule has 0 saturated heterocycles. The fraction of sp³-hybridized carbons (Fsp3) is 0.214. The van der Waals surface area contributed by atoms with E-state index in [2.05, 4.69) is 4.74 Å². The predicted molar refractivity (Wildman–Crippen MR) is 78.0 cm³/mol. The van der Waals surface area contributed by atoms with Gasteiger partial charge in [0.15, 0.2) is 11.2 Å². The zero-order chi connectivity index (χ0) is 16.5. The summed E-state index contributed by atoms with van der Waals surface area (Å²) < 4.78 is 4.63. The molecular weight excluding hydrogens is 312 g/mol. The number of rotatable bonds is 7. The normalized spacial score (nSPS) is 11.6. The average Bonchev–Trinajstić information content (AvgIpc) is 2.52. The third-order valence-electron chi connectivity index (χ3n) is 2.44. The molecule has 8 heteroatoms. The molecule has 0 aromatic heterocycles. The van der Waals surface area contributed by atoms with E-state index in [-0.39, 0.29) is 18.7 Å². The second kappa shape index (κ2) is 8.54. The third-order valence-corrected chi connectivity index (χ3v) is 2.83. The van der Waals surface area contributed by atoms with Crippen LogP contribution in [0.5, 0.6) is 0 Å². The van der Waals surface area contributed by atoms with E-state index in [1.165, 1.54) is 24.3 Å². The van der Waals surface area contributed by atoms with Crippen LogP contribution < -0.4 is 0 Å². The summed E-state index contributed by atoms with van der Waals surface area (Å²) in [4.78, 5) is 33.2. The van der Waals surface area contributed by atoms with Crippen LogP contribution in [0.25, 0.3) is 6.08 Å². The predicted octanol–water partition coefficient (Wildman–Crippen LogP) is 2.24. The molecule has 0 N–H and O–H groups in total. The van der Waals surface area contributed by atoms with Gasteiger partial charge < -0.3 is 4.74 Å². The average molecular weight is 323 g/mol. The minimum Gasteiger partial charge on any atom is -0.463 e. The monoisotopic (exact) mass is 322 g/mol. The Bertz CT molecular complexity index is 651. The van der Waals surface area contributed by atoms with Crippen LogP contribution in [0.3, 0.4) is 0 Å². The maximum atomic E-state index is 11.7. The molecule has 0 aliphatic carbocycles. The molecule has 1 rings (SSSR count). The molecule has 114 valence electrons. The van der Waals surface area contributed by atoms with Crippen molar-refractivity contribution in [2.24, 2.45) is 0 Å². The highest BCUT2D eigenvalue weighted by atomic mass is 35.5. The van der Waals surface area contributed by atoms with E-state index in [0.717, 1.165) is 6.08 Å². The quantitative estimate of drug-likeness (QED) is 0.145. The number of ketones is 1. The van der Waals surface area contributed by atoms with Crippen molar-refractivity contribution in [3.8, 4) is 6.07 Å². The maximum absolute atomic E-state index is 11.7. The molecule has 0 aliphatic rings. The Morgan fingerprint density at radius 1 is 1.50 bits per heavy atom. The Labute approximate surface area is 130 Å². The molecule has 22 heavy (non-hydrogen) atoms. The summed E-state index contributed by atoms with van der Waals surface area (Å²) >= 11 is 5.64. The van der Waals surface area contributed by atoms with E-state index in [9.17, 15) is 19.7 Å². The second-order valence-corrected chi connectivity index (χ2v) is 4.46. The molecule has 0 saturated carbocycles. The van der Waals surface area contributed by atoms with Crippen LogP contribution in [-0.2, 0) is 14.3 Å². The number of nitro groups is 1. The number of alkyl halides is 1. The van der Waals surface area contributed by atoms with Gasteiger partial charge in [0.1, 0.15) is 6.61 Å². The lowest BCUT2D eigenvalue weighted by atomic mass is 10.1. The maximum Gasteiger partial charge on any atom is 0.332 e. The highest BCUT2D eigenvalue weighted by molar-refractivity contribution is 6.42. The summed E-state index contributed by atoms with van der Waals surface area (Å²) in [6.45, 7) is -0.138. The number of allylic oxidation sites excluding steroid dienone is 1. The van der Waals surface area contributed by atoms with Crippen LogP contribution in [0.15, 0.2) is 30.3 Å². The number of carbonyl (C=O) groups is 2. The first kappa shape index (κ1) is 17.3. The fourth-order valence-corrected chi connectivity index (χ4v) is 1.53. The first-order valence-electron chi connectivity index (χ1n) is 6.09. The van der Waals surface area contributed by atoms with E-state index in [0.29, 0.717) is 5.56 Å². The van der Waals surface area contributed by atoms with Gasteiger partial charge in [0.25, 0.3) is 5.69 Å². The largest absolute Gasteiger partial charge is 0.463 e. The number of carbonyl (C=O) groups excluding carboxylic acids is 2. The van der Waals surface area contributed by atoms with E-state index in [4.69, 9.17) is 16.9 Å². The molecule has 0 spiro atoms. The standard InChI is InChI=1S/C14H11ClN2O5/c15-13(14(19)22-8-2-7-16)12(18)6-5-10-3-1-4-11(9-10)17(20)21/h1,3-6,9,13H,2,8H2. The summed E-state index contributed by atoms with van der Waals surface area (Å²) in [5, 5.41) is 17.4. The summed E-state index contributed by atoms with van der Waals surface area (Å²) in [5.74, 6) is -1.65. The Morgan fingerprint density at radius 3 is 2.86 bits per heavy atom. The van der Waals surface area contributed by atoms with Gasteiger partial charge in [0, 0.05) is 12.1 Å². The molecule has 1 aromatic rings. The smallest absolute Gasteiger partial charge is 0.332 e. The Hall–Kier alpha value is -2.72. The van der Waals surface area contributed by atoms with Crippen molar-refractivity contribution in [2.75, 3.05) is 6.61 Å². The molecule has 0 heterocycles. The first-order chi connectivity index (χ1) is 10.5. The lowest BCUT2D eigenvalue weighted by Gasteiger charge is -2.05.